The lowest BCUT2D eigenvalue weighted by Crippen LogP contribution is -2.44. The summed E-state index contributed by atoms with van der Waals surface area (Å²) in [6, 6.07) is 7.35. The van der Waals surface area contributed by atoms with Crippen molar-refractivity contribution in [3.63, 3.8) is 0 Å². The molecule has 2 aliphatic heterocycles. The van der Waals surface area contributed by atoms with Crippen molar-refractivity contribution in [2.45, 2.75) is 71.0 Å². The molecule has 0 unspecified atom stereocenters. The average Bonchev–Trinajstić information content (AvgIpc) is 3.08. The molecule has 32 heavy (non-hydrogen) atoms. The number of nitrogens with zero attached hydrogens (tertiary/aromatic N) is 4. The molecule has 5 rings (SSSR count). The molecule has 2 aromatic heterocycles. The molecule has 3 aromatic rings. The van der Waals surface area contributed by atoms with Crippen molar-refractivity contribution in [1.82, 2.24) is 24.6 Å². The summed E-state index contributed by atoms with van der Waals surface area (Å²) in [5.74, 6) is 0.100. The van der Waals surface area contributed by atoms with Gasteiger partial charge in [0, 0.05) is 42.4 Å². The topological polar surface area (TPSA) is 101 Å². The van der Waals surface area contributed by atoms with Crippen molar-refractivity contribution in [1.29, 1.82) is 0 Å². The lowest BCUT2D eigenvalue weighted by Gasteiger charge is -2.31. The molecule has 1 aromatic carbocycles. The van der Waals surface area contributed by atoms with Crippen molar-refractivity contribution in [3.8, 4) is 0 Å². The van der Waals surface area contributed by atoms with E-state index in [1.54, 1.807) is 13.0 Å². The maximum absolute atomic E-state index is 13.8. The van der Waals surface area contributed by atoms with Crippen molar-refractivity contribution in [2.75, 3.05) is 0 Å². The van der Waals surface area contributed by atoms with E-state index in [-0.39, 0.29) is 29.1 Å². The van der Waals surface area contributed by atoms with E-state index in [9.17, 15) is 14.4 Å². The number of carbonyl (C=O) groups excluding carboxylic acids is 1. The van der Waals surface area contributed by atoms with Gasteiger partial charge < -0.3 is 9.88 Å². The van der Waals surface area contributed by atoms with Crippen LogP contribution in [0.2, 0.25) is 0 Å². The fraction of sp³-hybridized carbons (Fsp3) is 0.458. The molecule has 8 nitrogen and oxygen atoms in total. The first-order valence-corrected chi connectivity index (χ1v) is 11.3. The normalized spacial score (nSPS) is 20.8. The third-order valence-electron chi connectivity index (χ3n) is 6.94. The first-order chi connectivity index (χ1) is 15.4. The zero-order valence-electron chi connectivity index (χ0n) is 18.6. The summed E-state index contributed by atoms with van der Waals surface area (Å²) < 4.78 is 1.43. The molecule has 166 valence electrons. The number of nitrogens with one attached hydrogen (secondary N) is 1. The molecule has 0 radical (unpaired) electrons. The Bertz CT molecular complexity index is 1340. The van der Waals surface area contributed by atoms with Crippen LogP contribution in [0.3, 0.4) is 0 Å². The van der Waals surface area contributed by atoms with Crippen molar-refractivity contribution in [2.24, 2.45) is 0 Å². The van der Waals surface area contributed by atoms with Gasteiger partial charge in [0.2, 0.25) is 5.91 Å². The molecule has 2 aliphatic rings. The molecule has 1 amide bonds. The lowest BCUT2D eigenvalue weighted by molar-refractivity contribution is -0.135. The second-order valence-electron chi connectivity index (χ2n) is 8.89. The number of aryl methyl sites for hydroxylation is 2. The van der Waals surface area contributed by atoms with Crippen LogP contribution in [0.25, 0.3) is 10.8 Å². The number of benzene rings is 1. The maximum atomic E-state index is 13.8. The van der Waals surface area contributed by atoms with Gasteiger partial charge in [0.05, 0.1) is 22.7 Å². The van der Waals surface area contributed by atoms with Crippen LogP contribution < -0.4 is 11.1 Å². The third-order valence-corrected chi connectivity index (χ3v) is 6.94. The molecule has 8 heteroatoms. The van der Waals surface area contributed by atoms with Gasteiger partial charge in [-0.25, -0.2) is 9.67 Å². The van der Waals surface area contributed by atoms with E-state index in [0.29, 0.717) is 41.9 Å². The van der Waals surface area contributed by atoms with Crippen LogP contribution in [-0.2, 0) is 24.2 Å². The zero-order chi connectivity index (χ0) is 22.6. The Labute approximate surface area is 185 Å². The summed E-state index contributed by atoms with van der Waals surface area (Å²) in [7, 11) is 0. The van der Waals surface area contributed by atoms with Crippen molar-refractivity contribution in [3.05, 3.63) is 67.7 Å². The van der Waals surface area contributed by atoms with Gasteiger partial charge in [-0.3, -0.25) is 14.4 Å². The van der Waals surface area contributed by atoms with E-state index < -0.39 is 5.92 Å². The Kier molecular flexibility index (Phi) is 4.95. The van der Waals surface area contributed by atoms with E-state index in [4.69, 9.17) is 0 Å². The molecule has 0 spiro atoms. The summed E-state index contributed by atoms with van der Waals surface area (Å²) >= 11 is 0. The van der Waals surface area contributed by atoms with Gasteiger partial charge in [0.25, 0.3) is 11.1 Å². The van der Waals surface area contributed by atoms with Gasteiger partial charge in [0.15, 0.2) is 0 Å². The minimum absolute atomic E-state index is 0.00240. The average molecular weight is 434 g/mol. The van der Waals surface area contributed by atoms with E-state index in [0.717, 1.165) is 23.9 Å². The van der Waals surface area contributed by atoms with E-state index in [1.165, 1.54) is 4.68 Å². The molecule has 2 bridgehead atoms. The van der Waals surface area contributed by atoms with E-state index >= 15 is 0 Å². The second-order valence-corrected chi connectivity index (χ2v) is 8.89. The van der Waals surface area contributed by atoms with Crippen LogP contribution in [0.5, 0.6) is 0 Å². The first kappa shape index (κ1) is 20.6. The van der Waals surface area contributed by atoms with Crippen LogP contribution in [0.15, 0.2) is 33.9 Å². The highest BCUT2D eigenvalue weighted by Crippen LogP contribution is 2.35. The van der Waals surface area contributed by atoms with E-state index in [1.807, 2.05) is 36.9 Å². The fourth-order valence-corrected chi connectivity index (χ4v) is 5.36. The number of fused-ring (bicyclic) bond motifs is 4. The number of carbonyl (C=O) groups is 1. The third kappa shape index (κ3) is 3.16. The number of rotatable bonds is 3. The second kappa shape index (κ2) is 7.69. The Morgan fingerprint density at radius 2 is 1.84 bits per heavy atom. The molecule has 0 saturated carbocycles. The standard InChI is InChI=1S/C24H27N5O3/c1-4-28-24(32)18-8-6-5-7-17(18)21(27-28)13(2)23(31)29-15-9-10-16(29)12-20-19(11-15)22(30)26-14(3)25-20/h5-8,13,15-16H,4,9-12H2,1-3H3,(H,25,26,30)/t13-,15-,16-/m1/s1. The maximum Gasteiger partial charge on any atom is 0.274 e. The Morgan fingerprint density at radius 1 is 1.16 bits per heavy atom. The number of hydrogen-bond donors (Lipinski definition) is 1. The smallest absolute Gasteiger partial charge is 0.274 e. The molecule has 4 heterocycles. The monoisotopic (exact) mass is 433 g/mol. The summed E-state index contributed by atoms with van der Waals surface area (Å²) in [4.78, 5) is 48.5. The number of aromatic amines is 1. The minimum Gasteiger partial charge on any atom is -0.335 e. The largest absolute Gasteiger partial charge is 0.335 e. The molecule has 1 fully saturated rings. The summed E-state index contributed by atoms with van der Waals surface area (Å²) in [5, 5.41) is 5.89. The highest BCUT2D eigenvalue weighted by Gasteiger charge is 2.42. The predicted molar refractivity (Wildman–Crippen MR) is 121 cm³/mol. The van der Waals surface area contributed by atoms with Gasteiger partial charge in [-0.1, -0.05) is 18.2 Å². The fourth-order valence-electron chi connectivity index (χ4n) is 5.36. The quantitative estimate of drug-likeness (QED) is 0.681. The number of aromatic nitrogens is 4. The van der Waals surface area contributed by atoms with Crippen LogP contribution in [0.1, 0.15) is 55.4 Å². The number of hydrogen-bond acceptors (Lipinski definition) is 5. The summed E-state index contributed by atoms with van der Waals surface area (Å²) in [6.07, 6.45) is 2.89. The molecule has 1 saturated heterocycles. The van der Waals surface area contributed by atoms with Crippen molar-refractivity contribution >= 4 is 16.7 Å². The highest BCUT2D eigenvalue weighted by molar-refractivity contribution is 5.91. The van der Waals surface area contributed by atoms with Crippen LogP contribution >= 0.6 is 0 Å². The SMILES string of the molecule is CCn1nc([C@@H](C)C(=O)N2[C@@H]3CC[C@@H]2Cc2c(nc(C)[nH]c2=O)C3)c2ccccc2c1=O. The van der Waals surface area contributed by atoms with Crippen LogP contribution in [-0.4, -0.2) is 42.6 Å². The van der Waals surface area contributed by atoms with Gasteiger partial charge in [0.1, 0.15) is 5.82 Å². The highest BCUT2D eigenvalue weighted by atomic mass is 16.2. The molecule has 3 atom stereocenters. The van der Waals surface area contributed by atoms with Gasteiger partial charge in [-0.05, 0) is 39.7 Å². The van der Waals surface area contributed by atoms with Crippen molar-refractivity contribution < 1.29 is 4.79 Å². The number of H-pyrrole nitrogens is 1. The Morgan fingerprint density at radius 3 is 2.56 bits per heavy atom. The molecular formula is C24H27N5O3. The molecule has 1 N–H and O–H groups in total. The number of amides is 1. The first-order valence-electron chi connectivity index (χ1n) is 11.3. The van der Waals surface area contributed by atoms with E-state index in [2.05, 4.69) is 15.1 Å². The molecular weight excluding hydrogens is 406 g/mol. The lowest BCUT2D eigenvalue weighted by atomic mass is 9.98. The van der Waals surface area contributed by atoms with Crippen LogP contribution in [0.4, 0.5) is 0 Å². The van der Waals surface area contributed by atoms with Crippen LogP contribution in [0, 0.1) is 6.92 Å². The van der Waals surface area contributed by atoms with Gasteiger partial charge in [-0.2, -0.15) is 5.10 Å². The minimum atomic E-state index is -0.504. The predicted octanol–water partition coefficient (Wildman–Crippen LogP) is 2.07. The Balaban J connectivity index is 1.54. The zero-order valence-corrected chi connectivity index (χ0v) is 18.6. The molecule has 0 aliphatic carbocycles. The van der Waals surface area contributed by atoms with Gasteiger partial charge in [-0.15, -0.1) is 0 Å². The Hall–Kier alpha value is -3.29. The van der Waals surface area contributed by atoms with Gasteiger partial charge >= 0.3 is 0 Å². The summed E-state index contributed by atoms with van der Waals surface area (Å²) in [6.45, 7) is 5.97. The summed E-state index contributed by atoms with van der Waals surface area (Å²) in [5.41, 5.74) is 1.91.